The van der Waals surface area contributed by atoms with E-state index in [2.05, 4.69) is 22.7 Å². The van der Waals surface area contributed by atoms with Crippen LogP contribution in [0.2, 0.25) is 0 Å². The molecule has 0 fully saturated rings. The van der Waals surface area contributed by atoms with Gasteiger partial charge >= 0.3 is 0 Å². The lowest BCUT2D eigenvalue weighted by atomic mass is 10.0. The molecule has 0 atom stereocenters. The minimum absolute atomic E-state index is 0.318. The Morgan fingerprint density at radius 2 is 1.39 bits per heavy atom. The van der Waals surface area contributed by atoms with Gasteiger partial charge in [-0.3, -0.25) is 4.79 Å². The second kappa shape index (κ2) is 8.86. The van der Waals surface area contributed by atoms with Crippen LogP contribution in [0.15, 0.2) is 77.9 Å². The second-order valence-corrected chi connectivity index (χ2v) is 6.15. The number of rotatable bonds is 6. The molecular weight excluding hydrogens is 352 g/mol. The van der Waals surface area contributed by atoms with E-state index in [9.17, 15) is 4.79 Å². The lowest BCUT2D eigenvalue weighted by Crippen LogP contribution is -2.19. The van der Waals surface area contributed by atoms with E-state index < -0.39 is 0 Å². The van der Waals surface area contributed by atoms with E-state index in [4.69, 9.17) is 9.47 Å². The van der Waals surface area contributed by atoms with Crippen molar-refractivity contribution in [2.45, 2.75) is 6.92 Å². The predicted octanol–water partition coefficient (Wildman–Crippen LogP) is 4.52. The van der Waals surface area contributed by atoms with Gasteiger partial charge in [0.05, 0.1) is 19.9 Å². The molecule has 1 N–H and O–H groups in total. The van der Waals surface area contributed by atoms with E-state index in [0.717, 1.165) is 16.7 Å². The Bertz CT molecular complexity index is 980. The van der Waals surface area contributed by atoms with Crippen molar-refractivity contribution in [3.05, 3.63) is 83.9 Å². The number of carbonyl (C=O) groups excluding carboxylic acids is 1. The molecule has 3 rings (SSSR count). The van der Waals surface area contributed by atoms with Crippen molar-refractivity contribution >= 4 is 11.6 Å². The Labute approximate surface area is 164 Å². The topological polar surface area (TPSA) is 59.9 Å². The van der Waals surface area contributed by atoms with Gasteiger partial charge in [-0.05, 0) is 41.8 Å². The average Bonchev–Trinajstić information content (AvgIpc) is 2.77. The smallest absolute Gasteiger partial charge is 0.271 e. The van der Waals surface area contributed by atoms with E-state index in [0.29, 0.717) is 22.8 Å². The monoisotopic (exact) mass is 374 g/mol. The Morgan fingerprint density at radius 3 is 2.04 bits per heavy atom. The zero-order chi connectivity index (χ0) is 19.9. The lowest BCUT2D eigenvalue weighted by Gasteiger charge is -2.09. The number of hydrogen-bond donors (Lipinski definition) is 1. The number of amides is 1. The minimum Gasteiger partial charge on any atom is -0.493 e. The number of nitrogens with zero attached hydrogens (tertiary/aromatic N) is 1. The third-order valence-corrected chi connectivity index (χ3v) is 4.38. The molecule has 5 nitrogen and oxygen atoms in total. The second-order valence-electron chi connectivity index (χ2n) is 6.15. The maximum Gasteiger partial charge on any atom is 0.271 e. The molecule has 1 amide bonds. The zero-order valence-electron chi connectivity index (χ0n) is 16.1. The summed E-state index contributed by atoms with van der Waals surface area (Å²) in [6.45, 7) is 1.85. The van der Waals surface area contributed by atoms with E-state index in [1.54, 1.807) is 25.3 Å². The van der Waals surface area contributed by atoms with Crippen LogP contribution in [0.25, 0.3) is 11.1 Å². The van der Waals surface area contributed by atoms with Crippen LogP contribution in [0.1, 0.15) is 22.8 Å². The molecule has 5 heteroatoms. The summed E-state index contributed by atoms with van der Waals surface area (Å²) < 4.78 is 10.4. The van der Waals surface area contributed by atoms with Crippen LogP contribution in [-0.2, 0) is 0 Å². The molecule has 0 spiro atoms. The van der Waals surface area contributed by atoms with Gasteiger partial charge < -0.3 is 9.47 Å². The van der Waals surface area contributed by atoms with Crippen LogP contribution < -0.4 is 14.9 Å². The summed E-state index contributed by atoms with van der Waals surface area (Å²) in [6.07, 6.45) is 0. The Kier molecular flexibility index (Phi) is 6.07. The number of nitrogens with one attached hydrogen (secondary N) is 1. The summed E-state index contributed by atoms with van der Waals surface area (Å²) in [5, 5.41) is 4.22. The van der Waals surface area contributed by atoms with Gasteiger partial charge in [0.2, 0.25) is 0 Å². The maximum absolute atomic E-state index is 12.4. The summed E-state index contributed by atoms with van der Waals surface area (Å²) >= 11 is 0. The van der Waals surface area contributed by atoms with Crippen LogP contribution in [0.4, 0.5) is 0 Å². The molecule has 3 aromatic rings. The van der Waals surface area contributed by atoms with Crippen molar-refractivity contribution in [3.8, 4) is 22.6 Å². The van der Waals surface area contributed by atoms with Crippen molar-refractivity contribution in [2.75, 3.05) is 14.2 Å². The predicted molar refractivity (Wildman–Crippen MR) is 111 cm³/mol. The van der Waals surface area contributed by atoms with Gasteiger partial charge in [-0.1, -0.05) is 54.6 Å². The highest BCUT2D eigenvalue weighted by Crippen LogP contribution is 2.27. The summed E-state index contributed by atoms with van der Waals surface area (Å²) in [5.74, 6) is 0.741. The van der Waals surface area contributed by atoms with E-state index in [1.807, 2.05) is 49.4 Å². The Morgan fingerprint density at radius 1 is 0.786 bits per heavy atom. The molecule has 0 aliphatic carbocycles. The Hall–Kier alpha value is -3.60. The zero-order valence-corrected chi connectivity index (χ0v) is 16.1. The van der Waals surface area contributed by atoms with Gasteiger partial charge in [-0.25, -0.2) is 5.43 Å². The van der Waals surface area contributed by atoms with Crippen LogP contribution in [0, 0.1) is 0 Å². The van der Waals surface area contributed by atoms with Gasteiger partial charge in [0.15, 0.2) is 11.5 Å². The molecular formula is C23H22N2O3. The third-order valence-electron chi connectivity index (χ3n) is 4.38. The number of benzene rings is 3. The van der Waals surface area contributed by atoms with Gasteiger partial charge in [0.1, 0.15) is 0 Å². The molecule has 0 aromatic heterocycles. The van der Waals surface area contributed by atoms with Gasteiger partial charge in [-0.15, -0.1) is 0 Å². The SMILES string of the molecule is COc1ccc(C(=O)N/N=C(/C)c2ccc(-c3ccccc3)cc2)cc1OC. The van der Waals surface area contributed by atoms with Crippen molar-refractivity contribution < 1.29 is 14.3 Å². The first-order valence-electron chi connectivity index (χ1n) is 8.85. The first-order chi connectivity index (χ1) is 13.6. The van der Waals surface area contributed by atoms with Crippen LogP contribution in [-0.4, -0.2) is 25.8 Å². The van der Waals surface area contributed by atoms with Gasteiger partial charge in [0.25, 0.3) is 5.91 Å². The molecule has 0 radical (unpaired) electrons. The quantitative estimate of drug-likeness (QED) is 0.510. The number of hydrazone groups is 1. The molecule has 28 heavy (non-hydrogen) atoms. The fourth-order valence-corrected chi connectivity index (χ4v) is 2.78. The van der Waals surface area contributed by atoms with Gasteiger partial charge in [-0.2, -0.15) is 5.10 Å². The van der Waals surface area contributed by atoms with Crippen molar-refractivity contribution in [1.29, 1.82) is 0 Å². The molecule has 3 aromatic carbocycles. The number of carbonyl (C=O) groups is 1. The molecule has 0 heterocycles. The summed E-state index contributed by atoms with van der Waals surface area (Å²) in [5.41, 5.74) is 6.97. The van der Waals surface area contributed by atoms with Gasteiger partial charge in [0, 0.05) is 5.56 Å². The molecule has 0 aliphatic rings. The average molecular weight is 374 g/mol. The highest BCUT2D eigenvalue weighted by Gasteiger charge is 2.10. The fourth-order valence-electron chi connectivity index (χ4n) is 2.78. The highest BCUT2D eigenvalue weighted by molar-refractivity contribution is 6.01. The van der Waals surface area contributed by atoms with Crippen molar-refractivity contribution in [2.24, 2.45) is 5.10 Å². The first kappa shape index (κ1) is 19.2. The molecule has 0 saturated heterocycles. The number of hydrogen-bond acceptors (Lipinski definition) is 4. The van der Waals surface area contributed by atoms with Crippen molar-refractivity contribution in [3.63, 3.8) is 0 Å². The molecule has 142 valence electrons. The van der Waals surface area contributed by atoms with Crippen LogP contribution in [0.5, 0.6) is 11.5 Å². The Balaban J connectivity index is 1.71. The first-order valence-corrected chi connectivity index (χ1v) is 8.85. The third kappa shape index (κ3) is 4.38. The normalized spacial score (nSPS) is 11.0. The fraction of sp³-hybridized carbons (Fsp3) is 0.130. The van der Waals surface area contributed by atoms with Crippen LogP contribution in [0.3, 0.4) is 0 Å². The molecule has 0 bridgehead atoms. The van der Waals surface area contributed by atoms with E-state index in [-0.39, 0.29) is 5.91 Å². The maximum atomic E-state index is 12.4. The van der Waals surface area contributed by atoms with Crippen molar-refractivity contribution in [1.82, 2.24) is 5.43 Å². The standard InChI is InChI=1S/C23H22N2O3/c1-16(17-9-11-19(12-10-17)18-7-5-4-6-8-18)24-25-23(26)20-13-14-21(27-2)22(15-20)28-3/h4-15H,1-3H3,(H,25,26)/b24-16-. The largest absolute Gasteiger partial charge is 0.493 e. The number of methoxy groups -OCH3 is 2. The summed E-state index contributed by atoms with van der Waals surface area (Å²) in [6, 6.07) is 23.2. The van der Waals surface area contributed by atoms with E-state index >= 15 is 0 Å². The van der Waals surface area contributed by atoms with E-state index in [1.165, 1.54) is 7.11 Å². The minimum atomic E-state index is -0.318. The summed E-state index contributed by atoms with van der Waals surface area (Å²) in [4.78, 5) is 12.4. The molecule has 0 unspecified atom stereocenters. The van der Waals surface area contributed by atoms with Crippen LogP contribution >= 0.6 is 0 Å². The molecule has 0 saturated carbocycles. The number of ether oxygens (including phenoxy) is 2. The lowest BCUT2D eigenvalue weighted by molar-refractivity contribution is 0.0954. The summed E-state index contributed by atoms with van der Waals surface area (Å²) in [7, 11) is 3.08. The highest BCUT2D eigenvalue weighted by atomic mass is 16.5. The molecule has 0 aliphatic heterocycles.